The lowest BCUT2D eigenvalue weighted by Gasteiger charge is -2.25. The first-order valence-electron chi connectivity index (χ1n) is 7.24. The first kappa shape index (κ1) is 19.5. The van der Waals surface area contributed by atoms with Crippen LogP contribution in [0, 0.1) is 0 Å². The minimum absolute atomic E-state index is 0. The second-order valence-corrected chi connectivity index (χ2v) is 5.58. The third kappa shape index (κ3) is 4.96. The Bertz CT molecular complexity index is 627. The Morgan fingerprint density at radius 2 is 2.04 bits per heavy atom. The lowest BCUT2D eigenvalue weighted by molar-refractivity contribution is -0.133. The van der Waals surface area contributed by atoms with Crippen LogP contribution < -0.4 is 5.32 Å². The molecule has 0 aliphatic carbocycles. The van der Waals surface area contributed by atoms with Crippen molar-refractivity contribution in [2.24, 2.45) is 7.05 Å². The van der Waals surface area contributed by atoms with Crippen molar-refractivity contribution in [2.45, 2.75) is 19.5 Å². The van der Waals surface area contributed by atoms with Crippen molar-refractivity contribution >= 4 is 29.9 Å². The summed E-state index contributed by atoms with van der Waals surface area (Å²) in [5.74, 6) is 0.0351. The highest BCUT2D eigenvalue weighted by Crippen LogP contribution is 2.17. The SMILES string of the molecule is CCN(Cc1ccc(Cl)cc1)C(=O)C(NC)c1cnn(C)c1.Cl. The van der Waals surface area contributed by atoms with Crippen LogP contribution in [-0.4, -0.2) is 34.2 Å². The predicted octanol–water partition coefficient (Wildman–Crippen LogP) is 2.80. The molecule has 1 N–H and O–H groups in total. The maximum absolute atomic E-state index is 12.8. The van der Waals surface area contributed by atoms with Gasteiger partial charge in [-0.15, -0.1) is 12.4 Å². The number of nitrogens with one attached hydrogen (secondary N) is 1. The number of carbonyl (C=O) groups is 1. The molecule has 7 heteroatoms. The summed E-state index contributed by atoms with van der Waals surface area (Å²) in [5.41, 5.74) is 1.92. The van der Waals surface area contributed by atoms with Crippen LogP contribution in [0.25, 0.3) is 0 Å². The van der Waals surface area contributed by atoms with Crippen molar-refractivity contribution in [3.8, 4) is 0 Å². The summed E-state index contributed by atoms with van der Waals surface area (Å²) < 4.78 is 1.70. The van der Waals surface area contributed by atoms with E-state index in [9.17, 15) is 4.79 Å². The Labute approximate surface area is 148 Å². The zero-order valence-electron chi connectivity index (χ0n) is 13.5. The fraction of sp³-hybridized carbons (Fsp3) is 0.375. The van der Waals surface area contributed by atoms with Gasteiger partial charge in [0.2, 0.25) is 5.91 Å². The van der Waals surface area contributed by atoms with Crippen LogP contribution >= 0.6 is 24.0 Å². The van der Waals surface area contributed by atoms with E-state index >= 15 is 0 Å². The zero-order chi connectivity index (χ0) is 16.1. The largest absolute Gasteiger partial charge is 0.337 e. The monoisotopic (exact) mass is 356 g/mol. The molecule has 0 fully saturated rings. The van der Waals surface area contributed by atoms with E-state index in [1.165, 1.54) is 0 Å². The molecule has 0 aliphatic rings. The topological polar surface area (TPSA) is 50.2 Å². The number of likely N-dealkylation sites (N-methyl/N-ethyl adjacent to an activating group) is 2. The number of halogens is 2. The lowest BCUT2D eigenvalue weighted by Crippen LogP contribution is -2.39. The van der Waals surface area contributed by atoms with E-state index in [0.717, 1.165) is 11.1 Å². The minimum atomic E-state index is -0.388. The van der Waals surface area contributed by atoms with Crippen LogP contribution in [0.15, 0.2) is 36.7 Å². The molecule has 1 aromatic heterocycles. The van der Waals surface area contributed by atoms with Crippen molar-refractivity contribution in [2.75, 3.05) is 13.6 Å². The van der Waals surface area contributed by atoms with Crippen LogP contribution in [0.2, 0.25) is 5.02 Å². The molecule has 1 heterocycles. The molecule has 0 bridgehead atoms. The average Bonchev–Trinajstić information content (AvgIpc) is 2.93. The average molecular weight is 357 g/mol. The van der Waals surface area contributed by atoms with Gasteiger partial charge in [-0.25, -0.2) is 0 Å². The molecule has 1 unspecified atom stereocenters. The van der Waals surface area contributed by atoms with Crippen LogP contribution in [0.3, 0.4) is 0 Å². The van der Waals surface area contributed by atoms with E-state index in [1.807, 2.05) is 49.3 Å². The highest BCUT2D eigenvalue weighted by atomic mass is 35.5. The summed E-state index contributed by atoms with van der Waals surface area (Å²) >= 11 is 5.90. The predicted molar refractivity (Wildman–Crippen MR) is 94.8 cm³/mol. The highest BCUT2D eigenvalue weighted by Gasteiger charge is 2.24. The number of nitrogens with zero attached hydrogens (tertiary/aromatic N) is 3. The molecule has 1 atom stereocenters. The van der Waals surface area contributed by atoms with Crippen LogP contribution in [-0.2, 0) is 18.4 Å². The van der Waals surface area contributed by atoms with Gasteiger partial charge in [0.1, 0.15) is 6.04 Å². The molecule has 0 aliphatic heterocycles. The number of hydrogen-bond acceptors (Lipinski definition) is 3. The van der Waals surface area contributed by atoms with Crippen molar-refractivity contribution in [1.82, 2.24) is 20.0 Å². The van der Waals surface area contributed by atoms with E-state index in [1.54, 1.807) is 17.9 Å². The van der Waals surface area contributed by atoms with E-state index in [0.29, 0.717) is 18.1 Å². The van der Waals surface area contributed by atoms with Crippen molar-refractivity contribution in [3.05, 3.63) is 52.8 Å². The molecule has 2 aromatic rings. The number of benzene rings is 1. The van der Waals surface area contributed by atoms with Gasteiger partial charge >= 0.3 is 0 Å². The van der Waals surface area contributed by atoms with Crippen LogP contribution in [0.4, 0.5) is 0 Å². The fourth-order valence-electron chi connectivity index (χ4n) is 2.36. The Morgan fingerprint density at radius 1 is 1.39 bits per heavy atom. The molecule has 0 spiro atoms. The zero-order valence-corrected chi connectivity index (χ0v) is 15.1. The molecular formula is C16H22Cl2N4O. The van der Waals surface area contributed by atoms with Gasteiger partial charge in [-0.05, 0) is 31.7 Å². The van der Waals surface area contributed by atoms with E-state index in [-0.39, 0.29) is 24.4 Å². The maximum Gasteiger partial charge on any atom is 0.244 e. The van der Waals surface area contributed by atoms with Crippen molar-refractivity contribution in [3.63, 3.8) is 0 Å². The molecule has 1 aromatic carbocycles. The standard InChI is InChI=1S/C16H21ClN4O.ClH/c1-4-21(10-12-5-7-14(17)8-6-12)16(22)15(18-2)13-9-19-20(3)11-13;/h5-9,11,15,18H,4,10H2,1-3H3;1H. The summed E-state index contributed by atoms with van der Waals surface area (Å²) in [4.78, 5) is 14.6. The summed E-state index contributed by atoms with van der Waals surface area (Å²) in [6.07, 6.45) is 3.57. The Hall–Kier alpha value is -1.56. The van der Waals surface area contributed by atoms with Gasteiger partial charge in [-0.2, -0.15) is 5.10 Å². The number of carbonyl (C=O) groups excluding carboxylic acids is 1. The van der Waals surface area contributed by atoms with E-state index in [4.69, 9.17) is 11.6 Å². The summed E-state index contributed by atoms with van der Waals surface area (Å²) in [5, 5.41) is 7.91. The highest BCUT2D eigenvalue weighted by molar-refractivity contribution is 6.30. The normalized spacial score (nSPS) is 11.7. The molecule has 126 valence electrons. The van der Waals surface area contributed by atoms with Gasteiger partial charge in [0.05, 0.1) is 6.20 Å². The van der Waals surface area contributed by atoms with Crippen LogP contribution in [0.5, 0.6) is 0 Å². The van der Waals surface area contributed by atoms with Gasteiger partial charge in [-0.3, -0.25) is 9.48 Å². The van der Waals surface area contributed by atoms with Gasteiger partial charge in [0.25, 0.3) is 0 Å². The first-order chi connectivity index (χ1) is 10.5. The summed E-state index contributed by atoms with van der Waals surface area (Å²) in [7, 11) is 3.62. The maximum atomic E-state index is 12.8. The second-order valence-electron chi connectivity index (χ2n) is 5.15. The smallest absolute Gasteiger partial charge is 0.244 e. The number of aryl methyl sites for hydroxylation is 1. The van der Waals surface area contributed by atoms with Gasteiger partial charge < -0.3 is 10.2 Å². The summed E-state index contributed by atoms with van der Waals surface area (Å²) in [6.45, 7) is 3.18. The fourth-order valence-corrected chi connectivity index (χ4v) is 2.49. The second kappa shape index (κ2) is 8.91. The molecule has 0 saturated carbocycles. The van der Waals surface area contributed by atoms with Crippen molar-refractivity contribution < 1.29 is 4.79 Å². The number of aromatic nitrogens is 2. The van der Waals surface area contributed by atoms with Crippen LogP contribution in [0.1, 0.15) is 24.1 Å². The number of rotatable bonds is 6. The molecule has 0 radical (unpaired) electrons. The molecule has 2 rings (SSSR count). The minimum Gasteiger partial charge on any atom is -0.337 e. The first-order valence-corrected chi connectivity index (χ1v) is 7.62. The lowest BCUT2D eigenvalue weighted by atomic mass is 10.1. The Kier molecular flexibility index (Phi) is 7.55. The quantitative estimate of drug-likeness (QED) is 0.865. The number of hydrogen-bond donors (Lipinski definition) is 1. The van der Waals surface area contributed by atoms with Gasteiger partial charge in [0, 0.05) is 36.9 Å². The third-order valence-corrected chi connectivity index (χ3v) is 3.83. The molecule has 0 saturated heterocycles. The molecule has 1 amide bonds. The molecule has 5 nitrogen and oxygen atoms in total. The Balaban J connectivity index is 0.00000264. The number of amides is 1. The van der Waals surface area contributed by atoms with Gasteiger partial charge in [-0.1, -0.05) is 23.7 Å². The van der Waals surface area contributed by atoms with E-state index in [2.05, 4.69) is 10.4 Å². The molecule has 23 heavy (non-hydrogen) atoms. The third-order valence-electron chi connectivity index (χ3n) is 3.57. The Morgan fingerprint density at radius 3 is 2.52 bits per heavy atom. The summed E-state index contributed by atoms with van der Waals surface area (Å²) in [6, 6.07) is 7.17. The van der Waals surface area contributed by atoms with Gasteiger partial charge in [0.15, 0.2) is 0 Å². The van der Waals surface area contributed by atoms with Crippen molar-refractivity contribution in [1.29, 1.82) is 0 Å². The molecular weight excluding hydrogens is 335 g/mol. The van der Waals surface area contributed by atoms with E-state index < -0.39 is 0 Å².